The second-order valence-electron chi connectivity index (χ2n) is 8.18. The molecule has 0 spiro atoms. The number of thiocarbonyl (C=S) groups is 1. The normalized spacial score (nSPS) is 14.3. The van der Waals surface area contributed by atoms with Crippen LogP contribution >= 0.6 is 35.6 Å². The standard InChI is InChI=1S/C27H22ClFN2O4S2/c1-15-4-8-21(16(2)10-15)31-26(33)24(37-27(31)36)12-17-5-9-22(23(11-17)34-3)35-14-25(32)30-18-6-7-20(29)19(28)13-18/h4-13H,14H2,1-3H3,(H,30,32)/b24-12-. The Morgan fingerprint density at radius 3 is 2.62 bits per heavy atom. The van der Waals surface area contributed by atoms with Crippen molar-refractivity contribution in [3.8, 4) is 11.5 Å². The first-order chi connectivity index (χ1) is 17.7. The van der Waals surface area contributed by atoms with Crippen LogP contribution in [0.5, 0.6) is 11.5 Å². The zero-order chi connectivity index (χ0) is 26.7. The van der Waals surface area contributed by atoms with E-state index in [1.54, 1.807) is 29.2 Å². The smallest absolute Gasteiger partial charge is 0.270 e. The van der Waals surface area contributed by atoms with E-state index in [0.717, 1.165) is 22.9 Å². The highest BCUT2D eigenvalue weighted by Gasteiger charge is 2.34. The van der Waals surface area contributed by atoms with Gasteiger partial charge in [-0.25, -0.2) is 4.39 Å². The molecule has 0 atom stereocenters. The van der Waals surface area contributed by atoms with Crippen LogP contribution in [-0.2, 0) is 9.59 Å². The molecule has 37 heavy (non-hydrogen) atoms. The van der Waals surface area contributed by atoms with Crippen molar-refractivity contribution in [3.05, 3.63) is 87.0 Å². The van der Waals surface area contributed by atoms with Crippen molar-refractivity contribution in [2.24, 2.45) is 0 Å². The average molecular weight is 557 g/mol. The fourth-order valence-corrected chi connectivity index (χ4v) is 5.16. The molecule has 190 valence electrons. The molecule has 0 radical (unpaired) electrons. The van der Waals surface area contributed by atoms with Gasteiger partial charge < -0.3 is 14.8 Å². The van der Waals surface area contributed by atoms with Crippen LogP contribution in [0.25, 0.3) is 6.08 Å². The number of aryl methyl sites for hydroxylation is 2. The number of nitrogens with zero attached hydrogens (tertiary/aromatic N) is 1. The van der Waals surface area contributed by atoms with Gasteiger partial charge in [0, 0.05) is 5.69 Å². The number of hydrogen-bond acceptors (Lipinski definition) is 6. The van der Waals surface area contributed by atoms with Crippen LogP contribution in [0.15, 0.2) is 59.5 Å². The van der Waals surface area contributed by atoms with Crippen molar-refractivity contribution in [3.63, 3.8) is 0 Å². The van der Waals surface area contributed by atoms with Crippen molar-refractivity contribution in [1.29, 1.82) is 0 Å². The van der Waals surface area contributed by atoms with E-state index in [0.29, 0.717) is 32.0 Å². The van der Waals surface area contributed by atoms with Crippen LogP contribution in [0.3, 0.4) is 0 Å². The molecule has 0 aromatic heterocycles. The largest absolute Gasteiger partial charge is 0.493 e. The van der Waals surface area contributed by atoms with Gasteiger partial charge >= 0.3 is 0 Å². The van der Waals surface area contributed by atoms with Gasteiger partial charge in [-0.1, -0.05) is 59.3 Å². The molecule has 1 heterocycles. The van der Waals surface area contributed by atoms with Gasteiger partial charge in [0.05, 0.1) is 22.7 Å². The van der Waals surface area contributed by atoms with Crippen molar-refractivity contribution in [2.75, 3.05) is 23.9 Å². The number of thioether (sulfide) groups is 1. The zero-order valence-corrected chi connectivity index (χ0v) is 22.5. The number of halogens is 2. The Hall–Kier alpha value is -3.40. The quantitative estimate of drug-likeness (QED) is 0.264. The van der Waals surface area contributed by atoms with Crippen LogP contribution < -0.4 is 19.7 Å². The summed E-state index contributed by atoms with van der Waals surface area (Å²) in [4.78, 5) is 27.4. The lowest BCUT2D eigenvalue weighted by molar-refractivity contribution is -0.118. The van der Waals surface area contributed by atoms with E-state index in [1.165, 1.54) is 31.0 Å². The van der Waals surface area contributed by atoms with E-state index in [1.807, 2.05) is 32.0 Å². The SMILES string of the molecule is COc1cc(/C=C2\SC(=S)N(c3ccc(C)cc3C)C2=O)ccc1OCC(=O)Nc1ccc(F)c(Cl)c1. The third-order valence-electron chi connectivity index (χ3n) is 5.43. The van der Waals surface area contributed by atoms with Gasteiger partial charge in [0.15, 0.2) is 22.4 Å². The van der Waals surface area contributed by atoms with Gasteiger partial charge in [-0.05, 0) is 67.4 Å². The molecule has 0 aliphatic carbocycles. The fraction of sp³-hybridized carbons (Fsp3) is 0.148. The number of anilines is 2. The Morgan fingerprint density at radius 2 is 1.92 bits per heavy atom. The summed E-state index contributed by atoms with van der Waals surface area (Å²) < 4.78 is 24.8. The van der Waals surface area contributed by atoms with Gasteiger partial charge in [0.1, 0.15) is 5.82 Å². The minimum Gasteiger partial charge on any atom is -0.493 e. The molecule has 6 nitrogen and oxygen atoms in total. The number of amides is 2. The Kier molecular flexibility index (Phi) is 8.16. The molecule has 1 N–H and O–H groups in total. The molecular formula is C27H22ClFN2O4S2. The second kappa shape index (κ2) is 11.3. The minimum atomic E-state index is -0.576. The van der Waals surface area contributed by atoms with Crippen LogP contribution in [0.1, 0.15) is 16.7 Å². The molecule has 0 saturated carbocycles. The summed E-state index contributed by atoms with van der Waals surface area (Å²) in [5, 5.41) is 2.49. The molecule has 0 bridgehead atoms. The Balaban J connectivity index is 1.46. The first-order valence-electron chi connectivity index (χ1n) is 11.1. The number of nitrogens with one attached hydrogen (secondary N) is 1. The highest BCUT2D eigenvalue weighted by atomic mass is 35.5. The Bertz CT molecular complexity index is 1440. The van der Waals surface area contributed by atoms with Gasteiger partial charge in [0.25, 0.3) is 11.8 Å². The lowest BCUT2D eigenvalue weighted by Gasteiger charge is -2.17. The highest BCUT2D eigenvalue weighted by Crippen LogP contribution is 2.38. The van der Waals surface area contributed by atoms with Crippen LogP contribution in [0.2, 0.25) is 5.02 Å². The number of methoxy groups -OCH3 is 1. The summed E-state index contributed by atoms with van der Waals surface area (Å²) in [6.07, 6.45) is 1.74. The maximum absolute atomic E-state index is 13.3. The lowest BCUT2D eigenvalue weighted by atomic mass is 10.1. The molecule has 10 heteroatoms. The number of rotatable bonds is 7. The van der Waals surface area contributed by atoms with E-state index >= 15 is 0 Å². The molecule has 4 rings (SSSR count). The predicted molar refractivity (Wildman–Crippen MR) is 150 cm³/mol. The van der Waals surface area contributed by atoms with Gasteiger partial charge in [-0.3, -0.25) is 14.5 Å². The number of carbonyl (C=O) groups excluding carboxylic acids is 2. The second-order valence-corrected chi connectivity index (χ2v) is 10.3. The Labute approximate surface area is 228 Å². The third kappa shape index (κ3) is 6.12. The topological polar surface area (TPSA) is 67.9 Å². The summed E-state index contributed by atoms with van der Waals surface area (Å²) in [7, 11) is 1.48. The van der Waals surface area contributed by atoms with E-state index in [9.17, 15) is 14.0 Å². The predicted octanol–water partition coefficient (Wildman–Crippen LogP) is 6.53. The van der Waals surface area contributed by atoms with E-state index in [-0.39, 0.29) is 17.5 Å². The van der Waals surface area contributed by atoms with Gasteiger partial charge in [0.2, 0.25) is 0 Å². The summed E-state index contributed by atoms with van der Waals surface area (Å²) in [5.41, 5.74) is 3.89. The Morgan fingerprint density at radius 1 is 1.14 bits per heavy atom. The number of benzene rings is 3. The van der Waals surface area contributed by atoms with Crippen molar-refractivity contribution >= 4 is 69.2 Å². The van der Waals surface area contributed by atoms with Gasteiger partial charge in [-0.15, -0.1) is 0 Å². The van der Waals surface area contributed by atoms with E-state index in [4.69, 9.17) is 33.3 Å². The van der Waals surface area contributed by atoms with Crippen molar-refractivity contribution in [1.82, 2.24) is 0 Å². The summed E-state index contributed by atoms with van der Waals surface area (Å²) in [6, 6.07) is 14.8. The molecule has 2 amide bonds. The number of carbonyl (C=O) groups is 2. The fourth-order valence-electron chi connectivity index (χ4n) is 3.69. The maximum atomic E-state index is 13.3. The first kappa shape index (κ1) is 26.7. The summed E-state index contributed by atoms with van der Waals surface area (Å²) in [6.45, 7) is 3.64. The maximum Gasteiger partial charge on any atom is 0.270 e. The van der Waals surface area contributed by atoms with Crippen LogP contribution in [0.4, 0.5) is 15.8 Å². The molecule has 3 aromatic carbocycles. The highest BCUT2D eigenvalue weighted by molar-refractivity contribution is 8.27. The molecule has 0 unspecified atom stereocenters. The van der Waals surface area contributed by atoms with Crippen LogP contribution in [0, 0.1) is 19.7 Å². The zero-order valence-electron chi connectivity index (χ0n) is 20.1. The lowest BCUT2D eigenvalue weighted by Crippen LogP contribution is -2.28. The molecular weight excluding hydrogens is 535 g/mol. The van der Waals surface area contributed by atoms with E-state index < -0.39 is 11.7 Å². The first-order valence-corrected chi connectivity index (χ1v) is 12.7. The van der Waals surface area contributed by atoms with E-state index in [2.05, 4.69) is 5.32 Å². The molecule has 1 aliphatic heterocycles. The number of ether oxygens (including phenoxy) is 2. The molecule has 1 saturated heterocycles. The monoisotopic (exact) mass is 556 g/mol. The third-order valence-corrected chi connectivity index (χ3v) is 7.03. The molecule has 1 fully saturated rings. The minimum absolute atomic E-state index is 0.0955. The van der Waals surface area contributed by atoms with Crippen LogP contribution in [-0.4, -0.2) is 29.9 Å². The number of hydrogen-bond donors (Lipinski definition) is 1. The summed E-state index contributed by atoms with van der Waals surface area (Å²) >= 11 is 12.5. The average Bonchev–Trinajstić information content (AvgIpc) is 3.13. The van der Waals surface area contributed by atoms with Crippen molar-refractivity contribution in [2.45, 2.75) is 13.8 Å². The van der Waals surface area contributed by atoms with Crippen molar-refractivity contribution < 1.29 is 23.5 Å². The van der Waals surface area contributed by atoms with Gasteiger partial charge in [-0.2, -0.15) is 0 Å². The molecule has 3 aromatic rings. The summed E-state index contributed by atoms with van der Waals surface area (Å²) in [5.74, 6) is -0.498. The molecule has 1 aliphatic rings.